The number of ether oxygens (including phenoxy) is 1. The van der Waals surface area contributed by atoms with Crippen molar-refractivity contribution in [3.8, 4) is 0 Å². The molecule has 2 heterocycles. The van der Waals surface area contributed by atoms with Crippen LogP contribution in [0.1, 0.15) is 18.6 Å². The van der Waals surface area contributed by atoms with Crippen molar-refractivity contribution >= 4 is 17.0 Å². The third-order valence-corrected chi connectivity index (χ3v) is 3.16. The monoisotopic (exact) mass is 269 g/mol. The summed E-state index contributed by atoms with van der Waals surface area (Å²) in [5, 5.41) is 0. The van der Waals surface area contributed by atoms with Crippen molar-refractivity contribution in [1.29, 1.82) is 0 Å². The van der Waals surface area contributed by atoms with Crippen LogP contribution in [0.4, 0.5) is 5.82 Å². The highest BCUT2D eigenvalue weighted by Crippen LogP contribution is 2.19. The summed E-state index contributed by atoms with van der Waals surface area (Å²) in [5.41, 5.74) is 8.16. The van der Waals surface area contributed by atoms with Crippen LogP contribution in [-0.4, -0.2) is 19.5 Å². The molecule has 0 aliphatic rings. The Bertz CT molecular complexity index is 710. The number of nitrogens with zero attached hydrogens (tertiary/aromatic N) is 4. The summed E-state index contributed by atoms with van der Waals surface area (Å²) in [7, 11) is 0. The highest BCUT2D eigenvalue weighted by molar-refractivity contribution is 5.80. The summed E-state index contributed by atoms with van der Waals surface area (Å²) in [6.45, 7) is 2.38. The van der Waals surface area contributed by atoms with E-state index in [0.29, 0.717) is 23.7 Å². The zero-order valence-corrected chi connectivity index (χ0v) is 11.1. The van der Waals surface area contributed by atoms with E-state index >= 15 is 0 Å². The van der Waals surface area contributed by atoms with Gasteiger partial charge in [0.05, 0.1) is 12.4 Å². The lowest BCUT2D eigenvalue weighted by molar-refractivity contribution is 0.0184. The molecular formula is C14H15N5O. The maximum Gasteiger partial charge on any atom is 0.167 e. The topological polar surface area (TPSA) is 78.9 Å². The van der Waals surface area contributed by atoms with Gasteiger partial charge in [-0.1, -0.05) is 30.3 Å². The molecule has 0 saturated heterocycles. The van der Waals surface area contributed by atoms with Gasteiger partial charge in [-0.2, -0.15) is 0 Å². The largest absolute Gasteiger partial charge is 0.382 e. The molecule has 0 spiro atoms. The molecular weight excluding hydrogens is 254 g/mol. The van der Waals surface area contributed by atoms with Crippen molar-refractivity contribution in [3.05, 3.63) is 48.5 Å². The Balaban J connectivity index is 1.76. The number of imidazole rings is 1. The van der Waals surface area contributed by atoms with Gasteiger partial charge in [0.15, 0.2) is 11.5 Å². The number of fused-ring (bicyclic) bond motifs is 1. The van der Waals surface area contributed by atoms with E-state index in [9.17, 15) is 0 Å². The minimum atomic E-state index is -0.00664. The second-order valence-electron chi connectivity index (χ2n) is 4.49. The number of benzene rings is 1. The average molecular weight is 269 g/mol. The third-order valence-electron chi connectivity index (χ3n) is 3.16. The molecule has 6 heteroatoms. The van der Waals surface area contributed by atoms with Crippen LogP contribution in [0, 0.1) is 0 Å². The van der Waals surface area contributed by atoms with Crippen LogP contribution in [0.5, 0.6) is 0 Å². The Kier molecular flexibility index (Phi) is 3.30. The van der Waals surface area contributed by atoms with Crippen LogP contribution in [0.15, 0.2) is 43.0 Å². The molecule has 3 aromatic rings. The third kappa shape index (κ3) is 2.33. The predicted molar refractivity (Wildman–Crippen MR) is 75.7 cm³/mol. The summed E-state index contributed by atoms with van der Waals surface area (Å²) in [5.74, 6) is 0.379. The van der Waals surface area contributed by atoms with E-state index in [1.807, 2.05) is 41.8 Å². The predicted octanol–water partition coefficient (Wildman–Crippen LogP) is 2.14. The van der Waals surface area contributed by atoms with Gasteiger partial charge in [-0.3, -0.25) is 4.57 Å². The van der Waals surface area contributed by atoms with Gasteiger partial charge in [-0.05, 0) is 12.5 Å². The first kappa shape index (κ1) is 12.6. The van der Waals surface area contributed by atoms with Gasteiger partial charge >= 0.3 is 0 Å². The van der Waals surface area contributed by atoms with Crippen LogP contribution in [0.2, 0.25) is 0 Å². The zero-order valence-electron chi connectivity index (χ0n) is 11.1. The number of aromatic nitrogens is 4. The second-order valence-corrected chi connectivity index (χ2v) is 4.49. The van der Waals surface area contributed by atoms with E-state index in [1.165, 1.54) is 6.33 Å². The molecule has 1 aromatic carbocycles. The second kappa shape index (κ2) is 5.26. The molecule has 6 nitrogen and oxygen atoms in total. The van der Waals surface area contributed by atoms with Crippen molar-refractivity contribution in [3.63, 3.8) is 0 Å². The molecule has 0 radical (unpaired) electrons. The first-order chi connectivity index (χ1) is 9.75. The van der Waals surface area contributed by atoms with E-state index < -0.39 is 0 Å². The first-order valence-corrected chi connectivity index (χ1v) is 6.33. The fourth-order valence-corrected chi connectivity index (χ4v) is 2.01. The van der Waals surface area contributed by atoms with E-state index in [1.54, 1.807) is 6.33 Å². The van der Waals surface area contributed by atoms with Gasteiger partial charge in [0.1, 0.15) is 18.6 Å². The smallest absolute Gasteiger partial charge is 0.167 e. The number of hydrogen-bond donors (Lipinski definition) is 1. The van der Waals surface area contributed by atoms with E-state index in [-0.39, 0.29) is 6.10 Å². The molecule has 0 aliphatic heterocycles. The Morgan fingerprint density at radius 3 is 2.80 bits per heavy atom. The number of rotatable bonds is 4. The summed E-state index contributed by atoms with van der Waals surface area (Å²) in [4.78, 5) is 12.3. The molecule has 0 bridgehead atoms. The first-order valence-electron chi connectivity index (χ1n) is 6.33. The molecule has 102 valence electrons. The van der Waals surface area contributed by atoms with Crippen LogP contribution >= 0.6 is 0 Å². The van der Waals surface area contributed by atoms with E-state index in [0.717, 1.165) is 5.56 Å². The van der Waals surface area contributed by atoms with Crippen LogP contribution in [0.3, 0.4) is 0 Å². The van der Waals surface area contributed by atoms with Crippen molar-refractivity contribution in [1.82, 2.24) is 19.5 Å². The Morgan fingerprint density at radius 2 is 2.00 bits per heavy atom. The summed E-state index contributed by atoms with van der Waals surface area (Å²) < 4.78 is 7.65. The van der Waals surface area contributed by atoms with E-state index in [4.69, 9.17) is 10.5 Å². The van der Waals surface area contributed by atoms with Gasteiger partial charge in [-0.25, -0.2) is 15.0 Å². The molecule has 0 aliphatic carbocycles. The molecule has 0 fully saturated rings. The van der Waals surface area contributed by atoms with Crippen molar-refractivity contribution in [2.75, 3.05) is 5.73 Å². The maximum atomic E-state index is 5.84. The van der Waals surface area contributed by atoms with Gasteiger partial charge < -0.3 is 10.5 Å². The summed E-state index contributed by atoms with van der Waals surface area (Å²) >= 11 is 0. The van der Waals surface area contributed by atoms with Crippen molar-refractivity contribution in [2.45, 2.75) is 19.8 Å². The Labute approximate surface area is 116 Å². The molecule has 0 amide bonds. The quantitative estimate of drug-likeness (QED) is 0.785. The van der Waals surface area contributed by atoms with Gasteiger partial charge in [0.25, 0.3) is 0 Å². The zero-order chi connectivity index (χ0) is 13.9. The number of hydrogen-bond acceptors (Lipinski definition) is 5. The summed E-state index contributed by atoms with van der Waals surface area (Å²) in [6, 6.07) is 10.1. The van der Waals surface area contributed by atoms with E-state index in [2.05, 4.69) is 15.0 Å². The van der Waals surface area contributed by atoms with Gasteiger partial charge in [-0.15, -0.1) is 0 Å². The SMILES string of the molecule is CC(OCn1cnc2c(N)ncnc21)c1ccccc1. The van der Waals surface area contributed by atoms with Crippen LogP contribution in [-0.2, 0) is 11.5 Å². The highest BCUT2D eigenvalue weighted by atomic mass is 16.5. The molecule has 1 unspecified atom stereocenters. The standard InChI is InChI=1S/C14H15N5O/c1-10(11-5-3-2-4-6-11)20-9-19-8-18-12-13(15)16-7-17-14(12)19/h2-8,10H,9H2,1H3,(H2,15,16,17). The molecule has 0 saturated carbocycles. The van der Waals surface area contributed by atoms with Gasteiger partial charge in [0.2, 0.25) is 0 Å². The Morgan fingerprint density at radius 1 is 1.20 bits per heavy atom. The van der Waals surface area contributed by atoms with Crippen LogP contribution < -0.4 is 5.73 Å². The van der Waals surface area contributed by atoms with Crippen molar-refractivity contribution in [2.24, 2.45) is 0 Å². The lowest BCUT2D eigenvalue weighted by Gasteiger charge is -2.13. The fraction of sp³-hybridized carbons (Fsp3) is 0.214. The lowest BCUT2D eigenvalue weighted by atomic mass is 10.1. The molecule has 2 N–H and O–H groups in total. The molecule has 1 atom stereocenters. The highest BCUT2D eigenvalue weighted by Gasteiger charge is 2.10. The maximum absolute atomic E-state index is 5.84. The van der Waals surface area contributed by atoms with Gasteiger partial charge in [0, 0.05) is 0 Å². The Hall–Kier alpha value is -2.47. The average Bonchev–Trinajstić information content (AvgIpc) is 2.90. The number of anilines is 1. The fourth-order valence-electron chi connectivity index (χ4n) is 2.01. The lowest BCUT2D eigenvalue weighted by Crippen LogP contribution is -2.06. The normalized spacial score (nSPS) is 12.7. The van der Waals surface area contributed by atoms with Crippen LogP contribution in [0.25, 0.3) is 11.2 Å². The number of nitrogen functional groups attached to an aromatic ring is 1. The molecule has 3 rings (SSSR count). The molecule has 2 aromatic heterocycles. The van der Waals surface area contributed by atoms with Crippen molar-refractivity contribution < 1.29 is 4.74 Å². The minimum absolute atomic E-state index is 0.00664. The summed E-state index contributed by atoms with van der Waals surface area (Å²) in [6.07, 6.45) is 3.08. The number of nitrogens with two attached hydrogens (primary N) is 1. The molecule has 20 heavy (non-hydrogen) atoms. The minimum Gasteiger partial charge on any atom is -0.382 e.